The second kappa shape index (κ2) is 593. The van der Waals surface area contributed by atoms with Gasteiger partial charge in [-0.25, -0.2) is 0 Å². The Labute approximate surface area is 37.7 Å². The van der Waals surface area contributed by atoms with E-state index in [0.717, 1.165) is 0 Å². The summed E-state index contributed by atoms with van der Waals surface area (Å²) in [4.78, 5) is 0. The fourth-order valence-corrected chi connectivity index (χ4v) is 0. The maximum Gasteiger partial charge on any atom is 0 e. The van der Waals surface area contributed by atoms with Crippen molar-refractivity contribution in [1.29, 1.82) is 0 Å². The van der Waals surface area contributed by atoms with E-state index in [1.54, 1.807) is 0 Å². The maximum atomic E-state index is 0. The quantitative estimate of drug-likeness (QED) is 0.347. The van der Waals surface area contributed by atoms with Crippen LogP contribution in [0.3, 0.4) is 0 Å². The number of rotatable bonds is 0. The molecular weight excluding hydrogens is 151 g/mol. The molecule has 0 nitrogen and oxygen atoms in total. The summed E-state index contributed by atoms with van der Waals surface area (Å²) in [5, 5.41) is 0. The molecule has 0 amide bonds. The van der Waals surface area contributed by atoms with Gasteiger partial charge in [0.2, 0.25) is 0 Å². The van der Waals surface area contributed by atoms with E-state index >= 15 is 0 Å². The van der Waals surface area contributed by atoms with Crippen molar-refractivity contribution in [3.05, 3.63) is 0 Å². The largest absolute Gasteiger partial charge is 0.269 e. The average Bonchev–Trinajstić information content (AvgIpc) is 0. The van der Waals surface area contributed by atoms with Crippen LogP contribution in [0.4, 0.5) is 18.8 Å². The fourth-order valence-electron chi connectivity index (χ4n) is 0. The summed E-state index contributed by atoms with van der Waals surface area (Å²) in [7, 11) is 0. The van der Waals surface area contributed by atoms with Gasteiger partial charge in [0, 0.05) is 18.0 Å². The zero-order valence-corrected chi connectivity index (χ0v) is 3.96. The van der Waals surface area contributed by atoms with Crippen LogP contribution in [0.1, 0.15) is 0 Å². The number of halogens is 4. The van der Waals surface area contributed by atoms with Gasteiger partial charge in [-0.3, -0.25) is 18.8 Å². The standard InChI is InChI=1S/As.4FH/h;4*1H. The normalized spacial score (nSPS) is 0. The van der Waals surface area contributed by atoms with Crippen molar-refractivity contribution in [2.75, 3.05) is 0 Å². The summed E-state index contributed by atoms with van der Waals surface area (Å²) < 4.78 is 0. The first-order chi connectivity index (χ1) is 0. The molecule has 37 valence electrons. The summed E-state index contributed by atoms with van der Waals surface area (Å²) in [6, 6.07) is 0. The Morgan fingerprint density at radius 1 is 0.400 bits per heavy atom. The van der Waals surface area contributed by atoms with Crippen molar-refractivity contribution in [2.24, 2.45) is 0 Å². The molecule has 0 heterocycles. The molecule has 0 unspecified atom stereocenters. The third-order valence-electron chi connectivity index (χ3n) is 0. The maximum absolute atomic E-state index is 0. The Balaban J connectivity index is 0. The van der Waals surface area contributed by atoms with E-state index in [9.17, 15) is 0 Å². The molecule has 0 N–H and O–H groups in total. The van der Waals surface area contributed by atoms with E-state index < -0.39 is 0 Å². The third kappa shape index (κ3) is 286. The minimum absolute atomic E-state index is 0. The predicted molar refractivity (Wildman–Crippen MR) is 15.8 cm³/mol. The summed E-state index contributed by atoms with van der Waals surface area (Å²) in [6.45, 7) is 0. The van der Waals surface area contributed by atoms with Crippen LogP contribution in [0.25, 0.3) is 0 Å². The molecule has 0 aliphatic rings. The van der Waals surface area contributed by atoms with Gasteiger partial charge in [-0.2, -0.15) is 0 Å². The Morgan fingerprint density at radius 3 is 0.400 bits per heavy atom. The third-order valence-corrected chi connectivity index (χ3v) is 0. The van der Waals surface area contributed by atoms with Crippen LogP contribution in [0.2, 0.25) is 0 Å². The summed E-state index contributed by atoms with van der Waals surface area (Å²) in [5.74, 6) is 0. The SMILES string of the molecule is F.F.F.F.[As]. The average molecular weight is 155 g/mol. The zero-order valence-electron chi connectivity index (χ0n) is 2.08. The van der Waals surface area contributed by atoms with Crippen molar-refractivity contribution >= 4 is 18.0 Å². The molecule has 0 aromatic rings. The van der Waals surface area contributed by atoms with Crippen molar-refractivity contribution in [3.63, 3.8) is 0 Å². The molecule has 0 aliphatic carbocycles. The molecule has 0 aliphatic heterocycles. The molecule has 0 aromatic heterocycles. The summed E-state index contributed by atoms with van der Waals surface area (Å²) in [6.07, 6.45) is 0. The van der Waals surface area contributed by atoms with Gasteiger partial charge in [-0.15, -0.1) is 0 Å². The van der Waals surface area contributed by atoms with Crippen LogP contribution < -0.4 is 0 Å². The molecule has 3 radical (unpaired) electrons. The van der Waals surface area contributed by atoms with Crippen LogP contribution in [-0.4, -0.2) is 18.0 Å². The van der Waals surface area contributed by atoms with Crippen LogP contribution in [0.15, 0.2) is 0 Å². The van der Waals surface area contributed by atoms with E-state index in [0.29, 0.717) is 0 Å². The van der Waals surface area contributed by atoms with E-state index in [2.05, 4.69) is 0 Å². The predicted octanol–water partition coefficient (Wildman–Crippen LogP) is 0.229. The molecule has 0 spiro atoms. The van der Waals surface area contributed by atoms with Gasteiger partial charge in [0.25, 0.3) is 0 Å². The molecule has 0 rings (SSSR count). The second-order valence-electron chi connectivity index (χ2n) is 0. The van der Waals surface area contributed by atoms with Gasteiger partial charge in [-0.1, -0.05) is 0 Å². The number of hydrogen-bond acceptors (Lipinski definition) is 0. The van der Waals surface area contributed by atoms with Crippen LogP contribution in [-0.2, 0) is 0 Å². The van der Waals surface area contributed by atoms with Gasteiger partial charge in [0.1, 0.15) is 0 Å². The molecule has 0 aromatic carbocycles. The van der Waals surface area contributed by atoms with Gasteiger partial charge in [-0.05, 0) is 0 Å². The Kier molecular flexibility index (Phi) is 148000. The monoisotopic (exact) mass is 155 g/mol. The first-order valence-electron chi connectivity index (χ1n) is 0. The molecular formula is H4AsF4. The van der Waals surface area contributed by atoms with Gasteiger partial charge >= 0.3 is 0 Å². The fraction of sp³-hybridized carbons (Fsp3) is 0. The second-order valence-corrected chi connectivity index (χ2v) is 0. The summed E-state index contributed by atoms with van der Waals surface area (Å²) in [5.41, 5.74) is 0. The van der Waals surface area contributed by atoms with Gasteiger partial charge in [0.05, 0.1) is 0 Å². The molecule has 0 saturated heterocycles. The van der Waals surface area contributed by atoms with Crippen molar-refractivity contribution in [3.8, 4) is 0 Å². The topological polar surface area (TPSA) is 0 Å². The van der Waals surface area contributed by atoms with Crippen molar-refractivity contribution in [2.45, 2.75) is 0 Å². The van der Waals surface area contributed by atoms with Crippen LogP contribution >= 0.6 is 0 Å². The van der Waals surface area contributed by atoms with Gasteiger partial charge < -0.3 is 0 Å². The smallest absolute Gasteiger partial charge is 0 e. The molecule has 0 bridgehead atoms. The van der Waals surface area contributed by atoms with E-state index in [1.165, 1.54) is 0 Å². The Bertz CT molecular complexity index is 3.61. The van der Waals surface area contributed by atoms with E-state index in [1.807, 2.05) is 0 Å². The van der Waals surface area contributed by atoms with Gasteiger partial charge in [0.15, 0.2) is 0 Å². The van der Waals surface area contributed by atoms with Crippen LogP contribution in [0.5, 0.6) is 0 Å². The van der Waals surface area contributed by atoms with E-state index in [-0.39, 0.29) is 36.8 Å². The minimum Gasteiger partial charge on any atom is -0.269 e. The first kappa shape index (κ1) is 1250. The molecule has 5 heavy (non-hydrogen) atoms. The summed E-state index contributed by atoms with van der Waals surface area (Å²) >= 11 is 0. The number of hydrogen-bond donors (Lipinski definition) is 0. The molecule has 0 saturated carbocycles. The Hall–Kier alpha value is 0.278. The zero-order chi connectivity index (χ0) is 0. The van der Waals surface area contributed by atoms with Crippen molar-refractivity contribution < 1.29 is 18.8 Å². The molecule has 5 heteroatoms. The first-order valence-corrected chi connectivity index (χ1v) is 0. The van der Waals surface area contributed by atoms with E-state index in [4.69, 9.17) is 0 Å². The van der Waals surface area contributed by atoms with Crippen LogP contribution in [0, 0.1) is 0 Å². The van der Waals surface area contributed by atoms with Crippen molar-refractivity contribution in [1.82, 2.24) is 0 Å². The molecule has 0 atom stereocenters. The molecule has 0 fully saturated rings. The minimum atomic E-state index is 0. The Morgan fingerprint density at radius 2 is 0.400 bits per heavy atom.